The van der Waals surface area contributed by atoms with E-state index in [-0.39, 0.29) is 20.1 Å². The zero-order valence-corrected chi connectivity index (χ0v) is 22.8. The van der Waals surface area contributed by atoms with Crippen molar-refractivity contribution in [2.75, 3.05) is 0 Å². The molecule has 3 heterocycles. The van der Waals surface area contributed by atoms with Crippen LogP contribution in [0.1, 0.15) is 0 Å². The summed E-state index contributed by atoms with van der Waals surface area (Å²) in [7, 11) is 0. The topological polar surface area (TPSA) is 30.7 Å². The quantitative estimate of drug-likeness (QED) is 0.178. The van der Waals surface area contributed by atoms with Crippen LogP contribution >= 0.6 is 0 Å². The van der Waals surface area contributed by atoms with Crippen molar-refractivity contribution in [2.24, 2.45) is 0 Å². The van der Waals surface area contributed by atoms with Gasteiger partial charge in [-0.25, -0.2) is 0 Å². The standard InChI is InChI=1S/C23H15N2.C11H8N.Ir/c1-3-13-22-19(10-1)20-11-2-4-14-23(20)25(22)18-9-7-8-17(16-18)21-12-5-6-15-24-21;1-2-6-10(7-3-1)11-8-4-5-9-12-11;/h1-7,9-16H;1-6,8-9H;/q2*-1;. The van der Waals surface area contributed by atoms with Gasteiger partial charge in [0.1, 0.15) is 0 Å². The van der Waals surface area contributed by atoms with Crippen LogP contribution in [0.4, 0.5) is 0 Å². The molecule has 3 aromatic heterocycles. The summed E-state index contributed by atoms with van der Waals surface area (Å²) in [6, 6.07) is 49.4. The molecule has 0 aliphatic heterocycles. The Morgan fingerprint density at radius 3 is 1.63 bits per heavy atom. The van der Waals surface area contributed by atoms with E-state index >= 15 is 0 Å². The molecule has 4 heteroatoms. The molecule has 185 valence electrons. The number of rotatable bonds is 3. The molecule has 38 heavy (non-hydrogen) atoms. The van der Waals surface area contributed by atoms with Gasteiger partial charge in [0.05, 0.1) is 11.0 Å². The summed E-state index contributed by atoms with van der Waals surface area (Å²) in [5.41, 5.74) is 7.49. The normalized spacial score (nSPS) is 10.4. The van der Waals surface area contributed by atoms with Crippen LogP contribution in [0, 0.1) is 12.1 Å². The number of para-hydroxylation sites is 2. The molecule has 1 radical (unpaired) electrons. The van der Waals surface area contributed by atoms with Gasteiger partial charge in [0.15, 0.2) is 0 Å². The molecule has 0 aliphatic rings. The van der Waals surface area contributed by atoms with Gasteiger partial charge in [-0.2, -0.15) is 0 Å². The van der Waals surface area contributed by atoms with Crippen LogP contribution in [-0.2, 0) is 20.1 Å². The molecule has 0 unspecified atom stereocenters. The zero-order chi connectivity index (χ0) is 24.9. The summed E-state index contributed by atoms with van der Waals surface area (Å²) >= 11 is 0. The molecule has 7 rings (SSSR count). The van der Waals surface area contributed by atoms with E-state index in [1.165, 1.54) is 21.8 Å². The van der Waals surface area contributed by atoms with Gasteiger partial charge in [-0.3, -0.25) is 0 Å². The minimum absolute atomic E-state index is 0. The fourth-order valence-corrected chi connectivity index (χ4v) is 4.54. The van der Waals surface area contributed by atoms with Gasteiger partial charge in [-0.15, -0.1) is 65.7 Å². The van der Waals surface area contributed by atoms with Gasteiger partial charge >= 0.3 is 0 Å². The molecule has 7 aromatic rings. The molecule has 0 fully saturated rings. The van der Waals surface area contributed by atoms with Crippen molar-refractivity contribution in [3.05, 3.63) is 152 Å². The molecule has 3 nitrogen and oxygen atoms in total. The fraction of sp³-hybridized carbons (Fsp3) is 0. The maximum atomic E-state index is 4.46. The van der Waals surface area contributed by atoms with E-state index < -0.39 is 0 Å². The zero-order valence-electron chi connectivity index (χ0n) is 20.5. The van der Waals surface area contributed by atoms with Crippen LogP contribution in [0.5, 0.6) is 0 Å². The first-order valence-corrected chi connectivity index (χ1v) is 12.2. The number of aromatic nitrogens is 3. The number of hydrogen-bond acceptors (Lipinski definition) is 2. The second-order valence-corrected chi connectivity index (χ2v) is 8.54. The first-order chi connectivity index (χ1) is 18.4. The number of hydrogen-bond donors (Lipinski definition) is 0. The molecule has 0 saturated heterocycles. The van der Waals surface area contributed by atoms with Gasteiger partial charge in [-0.1, -0.05) is 60.7 Å². The van der Waals surface area contributed by atoms with Crippen molar-refractivity contribution in [1.29, 1.82) is 0 Å². The first kappa shape index (κ1) is 25.3. The summed E-state index contributed by atoms with van der Waals surface area (Å²) in [4.78, 5) is 8.67. The van der Waals surface area contributed by atoms with Gasteiger partial charge in [-0.05, 0) is 41.3 Å². The molecule has 0 aliphatic carbocycles. The molecular weight excluding hydrogens is 643 g/mol. The van der Waals surface area contributed by atoms with Crippen molar-refractivity contribution >= 4 is 21.8 Å². The van der Waals surface area contributed by atoms with Crippen molar-refractivity contribution in [2.45, 2.75) is 0 Å². The van der Waals surface area contributed by atoms with E-state index in [9.17, 15) is 0 Å². The smallest absolute Gasteiger partial charge is 0.0523 e. The third kappa shape index (κ3) is 5.19. The monoisotopic (exact) mass is 666 g/mol. The van der Waals surface area contributed by atoms with Crippen LogP contribution in [0.2, 0.25) is 0 Å². The number of nitrogens with zero attached hydrogens (tertiary/aromatic N) is 3. The summed E-state index contributed by atoms with van der Waals surface area (Å²) < 4.78 is 2.31. The molecule has 0 saturated carbocycles. The molecular formula is C34H23IrN3-2. The average molecular weight is 666 g/mol. The summed E-state index contributed by atoms with van der Waals surface area (Å²) in [5, 5.41) is 2.54. The molecule has 4 aromatic carbocycles. The number of benzene rings is 4. The van der Waals surface area contributed by atoms with E-state index in [1.54, 1.807) is 6.20 Å². The molecule has 0 atom stereocenters. The average Bonchev–Trinajstić information content (AvgIpc) is 3.33. The fourth-order valence-electron chi connectivity index (χ4n) is 4.54. The second-order valence-electron chi connectivity index (χ2n) is 8.54. The van der Waals surface area contributed by atoms with E-state index in [2.05, 4.69) is 87.3 Å². The maximum Gasteiger partial charge on any atom is 0.0523 e. The van der Waals surface area contributed by atoms with Crippen LogP contribution in [0.25, 0.3) is 50.0 Å². The Labute approximate surface area is 235 Å². The molecule has 0 bridgehead atoms. The van der Waals surface area contributed by atoms with E-state index in [4.69, 9.17) is 0 Å². The van der Waals surface area contributed by atoms with Crippen molar-refractivity contribution in [3.63, 3.8) is 0 Å². The Hall–Kier alpha value is -4.37. The summed E-state index contributed by atoms with van der Waals surface area (Å²) in [5.74, 6) is 0. The SMILES string of the molecule is [Ir].[c-]1ccc(-n2c3ccccc3c3ccccc32)cc1-c1ccccn1.[c-]1ccccc1-c1ccccn1. The Balaban J connectivity index is 0.000000191. The molecule has 0 N–H and O–H groups in total. The van der Waals surface area contributed by atoms with Gasteiger partial charge in [0.2, 0.25) is 0 Å². The van der Waals surface area contributed by atoms with Crippen LogP contribution < -0.4 is 0 Å². The van der Waals surface area contributed by atoms with Crippen LogP contribution in [0.3, 0.4) is 0 Å². The van der Waals surface area contributed by atoms with Gasteiger partial charge < -0.3 is 14.5 Å². The van der Waals surface area contributed by atoms with E-state index in [0.717, 1.165) is 28.2 Å². The minimum atomic E-state index is 0. The molecule has 0 amide bonds. The second kappa shape index (κ2) is 11.8. The third-order valence-electron chi connectivity index (χ3n) is 6.21. The number of pyridine rings is 2. The summed E-state index contributed by atoms with van der Waals surface area (Å²) in [6.45, 7) is 0. The van der Waals surface area contributed by atoms with Crippen LogP contribution in [-0.4, -0.2) is 14.5 Å². The minimum Gasteiger partial charge on any atom is -0.327 e. The maximum absolute atomic E-state index is 4.46. The molecule has 0 spiro atoms. The Morgan fingerprint density at radius 1 is 0.500 bits per heavy atom. The van der Waals surface area contributed by atoms with E-state index in [0.29, 0.717) is 0 Å². The van der Waals surface area contributed by atoms with Crippen molar-refractivity contribution < 1.29 is 20.1 Å². The predicted octanol–water partition coefficient (Wildman–Crippen LogP) is 8.19. The van der Waals surface area contributed by atoms with E-state index in [1.807, 2.05) is 72.9 Å². The summed E-state index contributed by atoms with van der Waals surface area (Å²) in [6.07, 6.45) is 3.60. The van der Waals surface area contributed by atoms with Crippen LogP contribution in [0.15, 0.2) is 140 Å². The van der Waals surface area contributed by atoms with Gasteiger partial charge in [0.25, 0.3) is 0 Å². The van der Waals surface area contributed by atoms with Crippen molar-refractivity contribution in [1.82, 2.24) is 14.5 Å². The first-order valence-electron chi connectivity index (χ1n) is 12.2. The Bertz CT molecular complexity index is 1670. The number of fused-ring (bicyclic) bond motifs is 3. The predicted molar refractivity (Wildman–Crippen MR) is 151 cm³/mol. The Kier molecular flexibility index (Phi) is 7.84. The largest absolute Gasteiger partial charge is 0.327 e. The van der Waals surface area contributed by atoms with Gasteiger partial charge in [0, 0.05) is 43.3 Å². The Morgan fingerprint density at radius 2 is 1.05 bits per heavy atom. The van der Waals surface area contributed by atoms with Crippen molar-refractivity contribution in [3.8, 4) is 28.2 Å². The third-order valence-corrected chi connectivity index (χ3v) is 6.21.